The molecule has 0 bridgehead atoms. The molecule has 19 heavy (non-hydrogen) atoms. The van der Waals surface area contributed by atoms with E-state index in [1.807, 2.05) is 13.8 Å². The van der Waals surface area contributed by atoms with Crippen molar-refractivity contribution in [2.45, 2.75) is 26.3 Å². The first-order chi connectivity index (χ1) is 8.87. The number of hydrogen-bond acceptors (Lipinski definition) is 2. The van der Waals surface area contributed by atoms with Crippen molar-refractivity contribution in [2.24, 2.45) is 0 Å². The molecule has 0 saturated carbocycles. The molecule has 0 amide bonds. The second-order valence-electron chi connectivity index (χ2n) is 4.32. The van der Waals surface area contributed by atoms with Gasteiger partial charge in [-0.25, -0.2) is 0 Å². The van der Waals surface area contributed by atoms with Gasteiger partial charge >= 0.3 is 6.36 Å². The van der Waals surface area contributed by atoms with Gasteiger partial charge < -0.3 is 4.74 Å². The number of aromatic nitrogens is 2. The number of para-hydroxylation sites is 1. The summed E-state index contributed by atoms with van der Waals surface area (Å²) in [4.78, 5) is 0. The Labute approximate surface area is 108 Å². The van der Waals surface area contributed by atoms with E-state index in [4.69, 9.17) is 0 Å². The van der Waals surface area contributed by atoms with Crippen LogP contribution in [-0.4, -0.2) is 16.1 Å². The molecule has 3 nitrogen and oxygen atoms in total. The number of nitrogens with zero attached hydrogens (tertiary/aromatic N) is 2. The Morgan fingerprint density at radius 3 is 2.42 bits per heavy atom. The zero-order valence-electron chi connectivity index (χ0n) is 10.5. The highest BCUT2D eigenvalue weighted by molar-refractivity contribution is 5.66. The van der Waals surface area contributed by atoms with Gasteiger partial charge in [-0.15, -0.1) is 13.2 Å². The molecule has 0 atom stereocenters. The van der Waals surface area contributed by atoms with Crippen molar-refractivity contribution in [3.63, 3.8) is 0 Å². The van der Waals surface area contributed by atoms with Gasteiger partial charge in [0, 0.05) is 17.8 Å². The summed E-state index contributed by atoms with van der Waals surface area (Å²) >= 11 is 0. The van der Waals surface area contributed by atoms with Crippen molar-refractivity contribution in [1.29, 1.82) is 0 Å². The van der Waals surface area contributed by atoms with Gasteiger partial charge in [-0.2, -0.15) is 5.10 Å². The second kappa shape index (κ2) is 4.95. The molecular formula is C13H13F3N2O. The molecule has 6 heteroatoms. The lowest BCUT2D eigenvalue weighted by molar-refractivity contribution is -0.274. The summed E-state index contributed by atoms with van der Waals surface area (Å²) in [5.41, 5.74) is 0.771. The van der Waals surface area contributed by atoms with Crippen LogP contribution >= 0.6 is 0 Å². The predicted octanol–water partition coefficient (Wildman–Crippen LogP) is 4.03. The molecule has 1 heterocycles. The second-order valence-corrected chi connectivity index (χ2v) is 4.32. The van der Waals surface area contributed by atoms with Gasteiger partial charge in [-0.05, 0) is 32.0 Å². The number of alkyl halides is 3. The lowest BCUT2D eigenvalue weighted by Crippen LogP contribution is -2.17. The van der Waals surface area contributed by atoms with Gasteiger partial charge in [0.25, 0.3) is 0 Å². The van der Waals surface area contributed by atoms with Crippen LogP contribution in [0.5, 0.6) is 5.75 Å². The summed E-state index contributed by atoms with van der Waals surface area (Å²) in [6.07, 6.45) is -2.99. The molecule has 0 spiro atoms. The molecule has 0 saturated heterocycles. The Morgan fingerprint density at radius 2 is 1.84 bits per heavy atom. The molecule has 0 aliphatic heterocycles. The van der Waals surface area contributed by atoms with E-state index in [9.17, 15) is 13.2 Å². The fraction of sp³-hybridized carbons (Fsp3) is 0.308. The van der Waals surface area contributed by atoms with E-state index in [-0.39, 0.29) is 11.8 Å². The van der Waals surface area contributed by atoms with Crippen LogP contribution in [0.1, 0.15) is 19.9 Å². The monoisotopic (exact) mass is 270 g/mol. The largest absolute Gasteiger partial charge is 0.573 e. The first kappa shape index (κ1) is 13.5. The SMILES string of the molecule is CC(C)n1ccc(-c2ccccc2OC(F)(F)F)n1. The Kier molecular flexibility index (Phi) is 3.50. The normalized spacial score (nSPS) is 11.9. The molecule has 2 aromatic rings. The zero-order chi connectivity index (χ0) is 14.0. The number of hydrogen-bond donors (Lipinski definition) is 0. The van der Waals surface area contributed by atoms with E-state index >= 15 is 0 Å². The minimum Gasteiger partial charge on any atom is -0.405 e. The summed E-state index contributed by atoms with van der Waals surface area (Å²) in [5.74, 6) is -0.246. The Morgan fingerprint density at radius 1 is 1.16 bits per heavy atom. The number of benzene rings is 1. The van der Waals surface area contributed by atoms with E-state index in [1.54, 1.807) is 29.1 Å². The smallest absolute Gasteiger partial charge is 0.405 e. The molecule has 0 unspecified atom stereocenters. The quantitative estimate of drug-likeness (QED) is 0.842. The average Bonchev–Trinajstić information content (AvgIpc) is 2.76. The maximum atomic E-state index is 12.3. The van der Waals surface area contributed by atoms with Gasteiger partial charge in [0.1, 0.15) is 5.75 Å². The van der Waals surface area contributed by atoms with Gasteiger partial charge in [-0.1, -0.05) is 12.1 Å². The summed E-state index contributed by atoms with van der Waals surface area (Å²) in [7, 11) is 0. The third-order valence-electron chi connectivity index (χ3n) is 2.53. The van der Waals surface area contributed by atoms with Gasteiger partial charge in [0.15, 0.2) is 0 Å². The summed E-state index contributed by atoms with van der Waals surface area (Å²) < 4.78 is 42.7. The fourth-order valence-corrected chi connectivity index (χ4v) is 1.66. The Hall–Kier alpha value is -1.98. The van der Waals surface area contributed by atoms with Crippen molar-refractivity contribution in [3.05, 3.63) is 36.5 Å². The molecule has 1 aromatic heterocycles. The van der Waals surface area contributed by atoms with Crippen molar-refractivity contribution in [1.82, 2.24) is 9.78 Å². The van der Waals surface area contributed by atoms with E-state index in [2.05, 4.69) is 9.84 Å². The zero-order valence-corrected chi connectivity index (χ0v) is 10.5. The number of halogens is 3. The first-order valence-electron chi connectivity index (χ1n) is 5.77. The molecule has 0 fully saturated rings. The van der Waals surface area contributed by atoms with Crippen molar-refractivity contribution >= 4 is 0 Å². The van der Waals surface area contributed by atoms with Crippen LogP contribution in [0, 0.1) is 0 Å². The molecule has 0 aliphatic rings. The van der Waals surface area contributed by atoms with E-state index in [0.29, 0.717) is 11.3 Å². The predicted molar refractivity (Wildman–Crippen MR) is 64.7 cm³/mol. The van der Waals surface area contributed by atoms with Crippen LogP contribution in [0.25, 0.3) is 11.3 Å². The van der Waals surface area contributed by atoms with E-state index in [0.717, 1.165) is 0 Å². The Bertz CT molecular complexity index is 561. The standard InChI is InChI=1S/C13H13F3N2O/c1-9(2)18-8-7-11(17-18)10-5-3-4-6-12(10)19-13(14,15)16/h3-9H,1-2H3. The highest BCUT2D eigenvalue weighted by Crippen LogP contribution is 2.32. The molecule has 2 rings (SSSR count). The van der Waals surface area contributed by atoms with Crippen molar-refractivity contribution in [3.8, 4) is 17.0 Å². The van der Waals surface area contributed by atoms with Crippen molar-refractivity contribution in [2.75, 3.05) is 0 Å². The maximum Gasteiger partial charge on any atom is 0.573 e. The number of rotatable bonds is 3. The lowest BCUT2D eigenvalue weighted by atomic mass is 10.1. The van der Waals surface area contributed by atoms with Gasteiger partial charge in [0.05, 0.1) is 5.69 Å². The first-order valence-corrected chi connectivity index (χ1v) is 5.77. The van der Waals surface area contributed by atoms with Crippen molar-refractivity contribution < 1.29 is 17.9 Å². The van der Waals surface area contributed by atoms with Crippen LogP contribution < -0.4 is 4.74 Å². The van der Waals surface area contributed by atoms with Crippen LogP contribution in [0.4, 0.5) is 13.2 Å². The third-order valence-corrected chi connectivity index (χ3v) is 2.53. The number of ether oxygens (including phenoxy) is 1. The van der Waals surface area contributed by atoms with Crippen LogP contribution in [0.2, 0.25) is 0 Å². The van der Waals surface area contributed by atoms with Gasteiger partial charge in [0.2, 0.25) is 0 Å². The minimum atomic E-state index is -4.71. The molecule has 0 radical (unpaired) electrons. The Balaban J connectivity index is 2.38. The third kappa shape index (κ3) is 3.27. The molecule has 1 aromatic carbocycles. The topological polar surface area (TPSA) is 27.1 Å². The fourth-order valence-electron chi connectivity index (χ4n) is 1.66. The molecule has 0 N–H and O–H groups in total. The highest BCUT2D eigenvalue weighted by Gasteiger charge is 2.32. The van der Waals surface area contributed by atoms with Gasteiger partial charge in [-0.3, -0.25) is 4.68 Å². The molecule has 102 valence electrons. The summed E-state index contributed by atoms with van der Waals surface area (Å²) in [6.45, 7) is 3.88. The minimum absolute atomic E-state index is 0.143. The van der Waals surface area contributed by atoms with Crippen LogP contribution in [-0.2, 0) is 0 Å². The summed E-state index contributed by atoms with van der Waals surface area (Å²) in [5, 5.41) is 4.24. The molecule has 0 aliphatic carbocycles. The summed E-state index contributed by atoms with van der Waals surface area (Å²) in [6, 6.07) is 7.77. The lowest BCUT2D eigenvalue weighted by Gasteiger charge is -2.12. The van der Waals surface area contributed by atoms with E-state index in [1.165, 1.54) is 12.1 Å². The maximum absolute atomic E-state index is 12.3. The van der Waals surface area contributed by atoms with Crippen LogP contribution in [0.3, 0.4) is 0 Å². The van der Waals surface area contributed by atoms with E-state index < -0.39 is 6.36 Å². The highest BCUT2D eigenvalue weighted by atomic mass is 19.4. The average molecular weight is 270 g/mol. The van der Waals surface area contributed by atoms with Crippen LogP contribution in [0.15, 0.2) is 36.5 Å². The molecular weight excluding hydrogens is 257 g/mol.